The van der Waals surface area contributed by atoms with E-state index in [4.69, 9.17) is 9.16 Å². The van der Waals surface area contributed by atoms with E-state index in [-0.39, 0.29) is 11.1 Å². The van der Waals surface area contributed by atoms with Crippen LogP contribution in [0.4, 0.5) is 0 Å². The van der Waals surface area contributed by atoms with Crippen molar-refractivity contribution in [3.63, 3.8) is 0 Å². The smallest absolute Gasteiger partial charge is 0.261 e. The van der Waals surface area contributed by atoms with Gasteiger partial charge in [-0.2, -0.15) is 0 Å². The van der Waals surface area contributed by atoms with Gasteiger partial charge in [0.25, 0.3) is 8.32 Å². The summed E-state index contributed by atoms with van der Waals surface area (Å²) in [5.74, 6) is 6.40. The van der Waals surface area contributed by atoms with Crippen LogP contribution in [0.25, 0.3) is 0 Å². The Balaban J connectivity index is 1.90. The maximum absolute atomic E-state index is 6.79. The van der Waals surface area contributed by atoms with Gasteiger partial charge in [0.05, 0.1) is 6.10 Å². The lowest BCUT2D eigenvalue weighted by atomic mass is 10.2. The Kier molecular flexibility index (Phi) is 5.67. The van der Waals surface area contributed by atoms with Crippen LogP contribution >= 0.6 is 0 Å². The average Bonchev–Trinajstić information content (AvgIpc) is 3.34. The van der Waals surface area contributed by atoms with Gasteiger partial charge in [0.1, 0.15) is 6.10 Å². The number of hydrogen-bond acceptors (Lipinski definition) is 2. The number of epoxide rings is 1. The first-order chi connectivity index (χ1) is 12.4. The van der Waals surface area contributed by atoms with Crippen molar-refractivity contribution in [1.82, 2.24) is 0 Å². The van der Waals surface area contributed by atoms with E-state index >= 15 is 0 Å². The summed E-state index contributed by atoms with van der Waals surface area (Å²) in [6.45, 7) is 9.58. The van der Waals surface area contributed by atoms with Crippen molar-refractivity contribution in [2.24, 2.45) is 0 Å². The van der Waals surface area contributed by atoms with Crippen LogP contribution in [-0.4, -0.2) is 27.1 Å². The molecule has 2 aromatic rings. The minimum absolute atomic E-state index is 0.0112. The zero-order chi connectivity index (χ0) is 18.6. The third-order valence-electron chi connectivity index (χ3n) is 4.92. The zero-order valence-electron chi connectivity index (χ0n) is 16.2. The van der Waals surface area contributed by atoms with Crippen molar-refractivity contribution in [2.75, 3.05) is 6.61 Å². The zero-order valence-corrected chi connectivity index (χ0v) is 17.2. The van der Waals surface area contributed by atoms with E-state index in [1.54, 1.807) is 0 Å². The molecule has 3 heteroatoms. The van der Waals surface area contributed by atoms with Crippen molar-refractivity contribution in [1.29, 1.82) is 0 Å². The fourth-order valence-corrected chi connectivity index (χ4v) is 8.09. The first kappa shape index (κ1) is 18.9. The van der Waals surface area contributed by atoms with Gasteiger partial charge in [0.15, 0.2) is 0 Å². The molecule has 1 aliphatic heterocycles. The first-order valence-corrected chi connectivity index (χ1v) is 11.2. The lowest BCUT2D eigenvalue weighted by Crippen LogP contribution is -2.66. The second-order valence-electron chi connectivity index (χ2n) is 7.84. The van der Waals surface area contributed by atoms with E-state index in [2.05, 4.69) is 100 Å². The highest BCUT2D eigenvalue weighted by atomic mass is 28.4. The molecular weight excluding hydrogens is 336 g/mol. The van der Waals surface area contributed by atoms with Crippen molar-refractivity contribution < 1.29 is 9.16 Å². The molecule has 0 spiro atoms. The van der Waals surface area contributed by atoms with Gasteiger partial charge in [-0.1, -0.05) is 93.3 Å². The third kappa shape index (κ3) is 3.93. The molecule has 1 fully saturated rings. The largest absolute Gasteiger partial charge is 0.406 e. The van der Waals surface area contributed by atoms with Gasteiger partial charge in [-0.05, 0) is 22.3 Å². The van der Waals surface area contributed by atoms with Crippen molar-refractivity contribution >= 4 is 18.7 Å². The highest BCUT2D eigenvalue weighted by Crippen LogP contribution is 2.36. The highest BCUT2D eigenvalue weighted by Gasteiger charge is 2.49. The molecule has 2 aromatic carbocycles. The Morgan fingerprint density at radius 1 is 0.962 bits per heavy atom. The van der Waals surface area contributed by atoms with Gasteiger partial charge in [-0.25, -0.2) is 0 Å². The molecule has 2 unspecified atom stereocenters. The molecule has 3 rings (SSSR count). The Morgan fingerprint density at radius 2 is 1.46 bits per heavy atom. The number of ether oxygens (including phenoxy) is 1. The van der Waals surface area contributed by atoms with Gasteiger partial charge in [-0.15, -0.1) is 0 Å². The molecule has 0 N–H and O–H groups in total. The average molecular weight is 365 g/mol. The summed E-state index contributed by atoms with van der Waals surface area (Å²) in [6.07, 6.45) is 1.15. The molecule has 136 valence electrons. The molecule has 0 saturated carbocycles. The predicted molar refractivity (Wildman–Crippen MR) is 110 cm³/mol. The van der Waals surface area contributed by atoms with Crippen molar-refractivity contribution in [3.05, 3.63) is 60.7 Å². The van der Waals surface area contributed by atoms with Gasteiger partial charge in [0.2, 0.25) is 0 Å². The lowest BCUT2D eigenvalue weighted by Gasteiger charge is -2.43. The molecule has 26 heavy (non-hydrogen) atoms. The van der Waals surface area contributed by atoms with Crippen molar-refractivity contribution in [2.45, 2.75) is 51.4 Å². The Labute approximate surface area is 158 Å². The van der Waals surface area contributed by atoms with Gasteiger partial charge >= 0.3 is 0 Å². The Morgan fingerprint density at radius 3 is 1.88 bits per heavy atom. The van der Waals surface area contributed by atoms with E-state index in [1.165, 1.54) is 10.4 Å². The Hall–Kier alpha value is -1.86. The van der Waals surface area contributed by atoms with Crippen LogP contribution in [0.3, 0.4) is 0 Å². The van der Waals surface area contributed by atoms with Crippen LogP contribution in [0.1, 0.15) is 34.1 Å². The second kappa shape index (κ2) is 7.80. The van der Waals surface area contributed by atoms with Gasteiger partial charge < -0.3 is 9.16 Å². The molecular formula is C23H28O2Si. The van der Waals surface area contributed by atoms with Gasteiger partial charge in [-0.3, -0.25) is 0 Å². The van der Waals surface area contributed by atoms with Crippen LogP contribution < -0.4 is 10.4 Å². The van der Waals surface area contributed by atoms with Gasteiger partial charge in [0, 0.05) is 13.0 Å². The molecule has 0 aliphatic carbocycles. The third-order valence-corrected chi connectivity index (χ3v) is 9.96. The van der Waals surface area contributed by atoms with Crippen LogP contribution in [-0.2, 0) is 9.16 Å². The quantitative estimate of drug-likeness (QED) is 0.349. The molecule has 0 radical (unpaired) electrons. The van der Waals surface area contributed by atoms with Crippen LogP contribution in [0, 0.1) is 11.8 Å². The number of hydrogen-bond donors (Lipinski definition) is 0. The fourth-order valence-electron chi connectivity index (χ4n) is 3.53. The number of rotatable bonds is 5. The predicted octanol–water partition coefficient (Wildman–Crippen LogP) is 3.74. The normalized spacial score (nSPS) is 19.5. The minimum Gasteiger partial charge on any atom is -0.406 e. The minimum atomic E-state index is -2.42. The van der Waals surface area contributed by atoms with Crippen LogP contribution in [0.15, 0.2) is 60.7 Å². The first-order valence-electron chi connectivity index (χ1n) is 9.34. The summed E-state index contributed by atoms with van der Waals surface area (Å²) >= 11 is 0. The molecule has 0 bridgehead atoms. The topological polar surface area (TPSA) is 21.8 Å². The summed E-state index contributed by atoms with van der Waals surface area (Å²) in [4.78, 5) is 0. The standard InChI is InChI=1S/C23H28O2Si/c1-19-22(25-19)17-11-12-18-24-26(23(2,3)4,20-13-7-5-8-14-20)21-15-9-6-10-16-21/h5-10,13-16,19,22H,12,18H2,1-4H3. The van der Waals surface area contributed by atoms with E-state index in [0.717, 1.165) is 6.42 Å². The Bertz CT molecular complexity index is 729. The summed E-state index contributed by atoms with van der Waals surface area (Å²) in [5, 5.41) is 2.63. The summed E-state index contributed by atoms with van der Waals surface area (Å²) in [7, 11) is -2.42. The SMILES string of the molecule is CC1OC1C#CCCO[Si](c1ccccc1)(c1ccccc1)C(C)(C)C. The molecule has 1 saturated heterocycles. The lowest BCUT2D eigenvalue weighted by molar-refractivity contribution is 0.306. The van der Waals surface area contributed by atoms with E-state index in [1.807, 2.05) is 0 Å². The molecule has 2 nitrogen and oxygen atoms in total. The fraction of sp³-hybridized carbons (Fsp3) is 0.391. The maximum Gasteiger partial charge on any atom is 0.261 e. The summed E-state index contributed by atoms with van der Waals surface area (Å²) < 4.78 is 12.1. The van der Waals surface area contributed by atoms with E-state index in [9.17, 15) is 0 Å². The highest BCUT2D eigenvalue weighted by molar-refractivity contribution is 6.99. The summed E-state index contributed by atoms with van der Waals surface area (Å²) in [5.41, 5.74) is 0. The van der Waals surface area contributed by atoms with Crippen LogP contribution in [0.5, 0.6) is 0 Å². The number of benzene rings is 2. The molecule has 0 amide bonds. The monoisotopic (exact) mass is 364 g/mol. The molecule has 1 aliphatic rings. The molecule has 2 atom stereocenters. The van der Waals surface area contributed by atoms with E-state index in [0.29, 0.717) is 12.7 Å². The second-order valence-corrected chi connectivity index (χ2v) is 12.2. The maximum atomic E-state index is 6.79. The van der Waals surface area contributed by atoms with Crippen LogP contribution in [0.2, 0.25) is 5.04 Å². The summed E-state index contributed by atoms with van der Waals surface area (Å²) in [6, 6.07) is 21.5. The molecule has 1 heterocycles. The molecule has 0 aromatic heterocycles. The van der Waals surface area contributed by atoms with E-state index < -0.39 is 8.32 Å². The van der Waals surface area contributed by atoms with Crippen molar-refractivity contribution in [3.8, 4) is 11.8 Å².